The van der Waals surface area contributed by atoms with Gasteiger partial charge in [-0.3, -0.25) is 9.59 Å². The van der Waals surface area contributed by atoms with Gasteiger partial charge in [0.05, 0.1) is 26.3 Å². The Hall–Kier alpha value is -4.40. The third-order valence-corrected chi connectivity index (χ3v) is 5.64. The zero-order chi connectivity index (χ0) is 24.9. The second kappa shape index (κ2) is 10.3. The van der Waals surface area contributed by atoms with Gasteiger partial charge in [0.25, 0.3) is 5.91 Å². The van der Waals surface area contributed by atoms with Crippen molar-refractivity contribution in [3.05, 3.63) is 84.2 Å². The molecule has 0 spiro atoms. The fraction of sp³-hybridized carbons (Fsp3) is 0.192. The lowest BCUT2D eigenvalue weighted by atomic mass is 10.1. The molecule has 0 aliphatic carbocycles. The number of halogens is 1. The highest BCUT2D eigenvalue weighted by molar-refractivity contribution is 6.22. The van der Waals surface area contributed by atoms with Crippen molar-refractivity contribution >= 4 is 29.2 Å². The molecule has 4 rings (SSSR count). The number of nitrogens with one attached hydrogen (secondary N) is 1. The third kappa shape index (κ3) is 5.24. The van der Waals surface area contributed by atoms with Crippen molar-refractivity contribution in [1.29, 1.82) is 0 Å². The van der Waals surface area contributed by atoms with Crippen molar-refractivity contribution in [1.82, 2.24) is 4.90 Å². The van der Waals surface area contributed by atoms with Crippen LogP contribution in [0.3, 0.4) is 0 Å². The number of rotatable bonds is 8. The summed E-state index contributed by atoms with van der Waals surface area (Å²) in [6.07, 6.45) is -0.265. The largest absolute Gasteiger partial charge is 0.497 e. The van der Waals surface area contributed by atoms with E-state index in [1.54, 1.807) is 54.6 Å². The Morgan fingerprint density at radius 2 is 1.57 bits per heavy atom. The van der Waals surface area contributed by atoms with Crippen LogP contribution < -0.4 is 19.7 Å². The quantitative estimate of drug-likeness (QED) is 0.491. The lowest BCUT2D eigenvalue weighted by molar-refractivity contribution is -0.124. The molecular weight excluding hydrogens is 453 g/mol. The van der Waals surface area contributed by atoms with Gasteiger partial charge < -0.3 is 19.7 Å². The maximum Gasteiger partial charge on any atom is 0.332 e. The summed E-state index contributed by atoms with van der Waals surface area (Å²) >= 11 is 0. The first-order valence-electron chi connectivity index (χ1n) is 10.9. The average molecular weight is 477 g/mol. The van der Waals surface area contributed by atoms with E-state index in [-0.39, 0.29) is 13.0 Å². The number of urea groups is 1. The van der Waals surface area contributed by atoms with E-state index in [4.69, 9.17) is 9.47 Å². The second-order valence-electron chi connectivity index (χ2n) is 7.91. The first kappa shape index (κ1) is 23.7. The number of carbonyl (C=O) groups excluding carboxylic acids is 3. The molecule has 3 aromatic carbocycles. The monoisotopic (exact) mass is 477 g/mol. The molecule has 1 atom stereocenters. The minimum Gasteiger partial charge on any atom is -0.497 e. The van der Waals surface area contributed by atoms with Crippen LogP contribution in [0.25, 0.3) is 0 Å². The number of amides is 4. The molecule has 1 unspecified atom stereocenters. The molecular formula is C26H24FN3O5. The fourth-order valence-electron chi connectivity index (χ4n) is 3.88. The van der Waals surface area contributed by atoms with Gasteiger partial charge in [0.1, 0.15) is 23.4 Å². The Kier molecular flexibility index (Phi) is 6.96. The van der Waals surface area contributed by atoms with E-state index < -0.39 is 29.7 Å². The van der Waals surface area contributed by atoms with Crippen molar-refractivity contribution < 1.29 is 28.2 Å². The highest BCUT2D eigenvalue weighted by Gasteiger charge is 2.46. The Balaban J connectivity index is 1.59. The first-order valence-corrected chi connectivity index (χ1v) is 10.9. The van der Waals surface area contributed by atoms with Crippen molar-refractivity contribution in [2.24, 2.45) is 0 Å². The minimum atomic E-state index is -1.06. The van der Waals surface area contributed by atoms with Crippen LogP contribution in [0.5, 0.6) is 11.5 Å². The van der Waals surface area contributed by atoms with Crippen LogP contribution in [0, 0.1) is 5.82 Å². The maximum absolute atomic E-state index is 13.8. The molecule has 0 bridgehead atoms. The molecule has 1 heterocycles. The number of hydrogen-bond donors (Lipinski definition) is 1. The predicted molar refractivity (Wildman–Crippen MR) is 128 cm³/mol. The van der Waals surface area contributed by atoms with Crippen LogP contribution in [0.4, 0.5) is 20.6 Å². The minimum absolute atomic E-state index is 0.0323. The van der Waals surface area contributed by atoms with E-state index >= 15 is 0 Å². The smallest absolute Gasteiger partial charge is 0.332 e. The summed E-state index contributed by atoms with van der Waals surface area (Å²) in [7, 11) is 3.05. The first-order chi connectivity index (χ1) is 16.9. The molecule has 4 amide bonds. The third-order valence-electron chi connectivity index (χ3n) is 5.64. The predicted octanol–water partition coefficient (Wildman–Crippen LogP) is 4.21. The van der Waals surface area contributed by atoms with Crippen LogP contribution in [-0.2, 0) is 16.1 Å². The van der Waals surface area contributed by atoms with Gasteiger partial charge in [-0.1, -0.05) is 12.1 Å². The zero-order valence-corrected chi connectivity index (χ0v) is 19.2. The molecule has 1 fully saturated rings. The van der Waals surface area contributed by atoms with E-state index in [2.05, 4.69) is 5.32 Å². The molecule has 35 heavy (non-hydrogen) atoms. The molecule has 1 aliphatic rings. The van der Waals surface area contributed by atoms with Gasteiger partial charge in [-0.05, 0) is 66.2 Å². The fourth-order valence-corrected chi connectivity index (χ4v) is 3.88. The van der Waals surface area contributed by atoms with Gasteiger partial charge in [-0.2, -0.15) is 0 Å². The molecule has 3 aromatic rings. The summed E-state index contributed by atoms with van der Waals surface area (Å²) < 4.78 is 24.0. The van der Waals surface area contributed by atoms with E-state index in [9.17, 15) is 18.8 Å². The number of benzene rings is 3. The summed E-state index contributed by atoms with van der Waals surface area (Å²) in [6.45, 7) is -0.0323. The Bertz CT molecular complexity index is 1230. The summed E-state index contributed by atoms with van der Waals surface area (Å²) in [4.78, 5) is 41.9. The summed E-state index contributed by atoms with van der Waals surface area (Å²) in [5.74, 6) is -0.235. The van der Waals surface area contributed by atoms with Gasteiger partial charge in [-0.25, -0.2) is 14.1 Å². The molecule has 1 N–H and O–H groups in total. The number of carbonyl (C=O) groups is 3. The lowest BCUT2D eigenvalue weighted by Crippen LogP contribution is -2.37. The molecule has 1 saturated heterocycles. The average Bonchev–Trinajstić information content (AvgIpc) is 3.08. The Labute approximate surface area is 201 Å². The molecule has 1 aliphatic heterocycles. The normalized spacial score (nSPS) is 15.3. The summed E-state index contributed by atoms with van der Waals surface area (Å²) in [5, 5.41) is 2.74. The molecule has 0 radical (unpaired) electrons. The number of nitrogens with zero attached hydrogens (tertiary/aromatic N) is 2. The highest BCUT2D eigenvalue weighted by Crippen LogP contribution is 2.30. The summed E-state index contributed by atoms with van der Waals surface area (Å²) in [6, 6.07) is 17.3. The van der Waals surface area contributed by atoms with Crippen molar-refractivity contribution in [3.8, 4) is 11.5 Å². The number of imide groups is 1. The van der Waals surface area contributed by atoms with Gasteiger partial charge in [0.15, 0.2) is 0 Å². The van der Waals surface area contributed by atoms with E-state index in [1.165, 1.54) is 37.3 Å². The van der Waals surface area contributed by atoms with Gasteiger partial charge in [-0.15, -0.1) is 0 Å². The van der Waals surface area contributed by atoms with Crippen LogP contribution in [-0.4, -0.2) is 43.0 Å². The Morgan fingerprint density at radius 1 is 0.943 bits per heavy atom. The number of anilines is 2. The zero-order valence-electron chi connectivity index (χ0n) is 19.2. The number of methoxy groups -OCH3 is 2. The van der Waals surface area contributed by atoms with Crippen LogP contribution in [0.2, 0.25) is 0 Å². The van der Waals surface area contributed by atoms with Crippen molar-refractivity contribution in [3.63, 3.8) is 0 Å². The topological polar surface area (TPSA) is 88.2 Å². The van der Waals surface area contributed by atoms with Gasteiger partial charge in [0.2, 0.25) is 5.91 Å². The van der Waals surface area contributed by atoms with E-state index in [1.807, 2.05) is 0 Å². The molecule has 180 valence electrons. The van der Waals surface area contributed by atoms with Crippen molar-refractivity contribution in [2.75, 3.05) is 24.4 Å². The van der Waals surface area contributed by atoms with Gasteiger partial charge >= 0.3 is 6.03 Å². The Morgan fingerprint density at radius 3 is 2.17 bits per heavy atom. The van der Waals surface area contributed by atoms with E-state index in [0.29, 0.717) is 28.4 Å². The van der Waals surface area contributed by atoms with Crippen LogP contribution in [0.1, 0.15) is 12.0 Å². The standard InChI is InChI=1S/C26H24FN3O5/c1-34-21-10-6-19(7-11-21)28-24(31)15-23-25(32)30(20-8-12-22(35-2)13-9-20)26(33)29(23)16-17-4-3-5-18(27)14-17/h3-14,23H,15-16H2,1-2H3,(H,28,31). The van der Waals surface area contributed by atoms with Gasteiger partial charge in [0, 0.05) is 12.2 Å². The number of hydrogen-bond acceptors (Lipinski definition) is 5. The highest BCUT2D eigenvalue weighted by atomic mass is 19.1. The van der Waals surface area contributed by atoms with E-state index in [0.717, 1.165) is 4.90 Å². The van der Waals surface area contributed by atoms with Crippen LogP contribution >= 0.6 is 0 Å². The molecule has 0 aromatic heterocycles. The molecule has 0 saturated carbocycles. The maximum atomic E-state index is 13.8. The molecule has 9 heteroatoms. The molecule has 8 nitrogen and oxygen atoms in total. The van der Waals surface area contributed by atoms with Crippen LogP contribution in [0.15, 0.2) is 72.8 Å². The summed E-state index contributed by atoms with van der Waals surface area (Å²) in [5.41, 5.74) is 1.38. The number of ether oxygens (including phenoxy) is 2. The SMILES string of the molecule is COc1ccc(NC(=O)CC2C(=O)N(c3ccc(OC)cc3)C(=O)N2Cc2cccc(F)c2)cc1. The second-order valence-corrected chi connectivity index (χ2v) is 7.91. The lowest BCUT2D eigenvalue weighted by Gasteiger charge is -2.21. The van der Waals surface area contributed by atoms with Crippen molar-refractivity contribution in [2.45, 2.75) is 19.0 Å².